The molecule has 1 N–H and O–H groups in total. The third-order valence-corrected chi connectivity index (χ3v) is 4.51. The average molecular weight is 348 g/mol. The summed E-state index contributed by atoms with van der Waals surface area (Å²) in [5.41, 5.74) is 3.80. The van der Waals surface area contributed by atoms with Crippen molar-refractivity contribution in [3.8, 4) is 5.75 Å². The minimum Gasteiger partial charge on any atom is -0.497 e. The van der Waals surface area contributed by atoms with Gasteiger partial charge in [0, 0.05) is 4.47 Å². The first-order chi connectivity index (χ1) is 10.2. The molecule has 112 valence electrons. The van der Waals surface area contributed by atoms with Crippen LogP contribution in [0.1, 0.15) is 36.1 Å². The fourth-order valence-corrected chi connectivity index (χ4v) is 2.84. The van der Waals surface area contributed by atoms with Gasteiger partial charge in [-0.25, -0.2) is 0 Å². The molecule has 0 bridgehead atoms. The zero-order valence-corrected chi connectivity index (χ0v) is 14.4. The number of benzene rings is 2. The van der Waals surface area contributed by atoms with Crippen LogP contribution < -0.4 is 10.1 Å². The molecule has 0 heterocycles. The van der Waals surface area contributed by atoms with Crippen molar-refractivity contribution in [3.05, 3.63) is 63.6 Å². The number of nitrogens with one attached hydrogen (secondary N) is 1. The number of hydrogen-bond acceptors (Lipinski definition) is 2. The highest BCUT2D eigenvalue weighted by molar-refractivity contribution is 9.10. The molecule has 1 atom stereocenters. The second-order valence-electron chi connectivity index (χ2n) is 5.12. The molecule has 0 aliphatic rings. The lowest BCUT2D eigenvalue weighted by Crippen LogP contribution is -2.24. The van der Waals surface area contributed by atoms with Crippen molar-refractivity contribution >= 4 is 15.9 Å². The van der Waals surface area contributed by atoms with Crippen molar-refractivity contribution in [2.45, 2.75) is 26.3 Å². The Morgan fingerprint density at radius 3 is 2.67 bits per heavy atom. The van der Waals surface area contributed by atoms with E-state index in [0.717, 1.165) is 23.2 Å². The van der Waals surface area contributed by atoms with E-state index >= 15 is 0 Å². The lowest BCUT2D eigenvalue weighted by molar-refractivity contribution is 0.413. The van der Waals surface area contributed by atoms with E-state index < -0.39 is 0 Å². The summed E-state index contributed by atoms with van der Waals surface area (Å²) in [6.07, 6.45) is 1.10. The molecular weight excluding hydrogens is 326 g/mol. The first kappa shape index (κ1) is 16.1. The lowest BCUT2D eigenvalue weighted by Gasteiger charge is -2.22. The third kappa shape index (κ3) is 3.86. The molecule has 21 heavy (non-hydrogen) atoms. The molecule has 2 aromatic carbocycles. The van der Waals surface area contributed by atoms with Crippen LogP contribution >= 0.6 is 15.9 Å². The topological polar surface area (TPSA) is 21.3 Å². The molecule has 0 fully saturated rings. The van der Waals surface area contributed by atoms with Gasteiger partial charge in [0.1, 0.15) is 5.75 Å². The molecule has 0 spiro atoms. The van der Waals surface area contributed by atoms with Crippen LogP contribution in [0, 0.1) is 6.92 Å². The van der Waals surface area contributed by atoms with E-state index in [1.807, 2.05) is 12.1 Å². The lowest BCUT2D eigenvalue weighted by atomic mass is 9.94. The van der Waals surface area contributed by atoms with E-state index in [-0.39, 0.29) is 6.04 Å². The van der Waals surface area contributed by atoms with Crippen LogP contribution in [0.25, 0.3) is 0 Å². The quantitative estimate of drug-likeness (QED) is 0.805. The first-order valence-corrected chi connectivity index (χ1v) is 8.09. The van der Waals surface area contributed by atoms with Gasteiger partial charge in [0.25, 0.3) is 0 Å². The zero-order chi connectivity index (χ0) is 15.2. The van der Waals surface area contributed by atoms with Crippen molar-refractivity contribution < 1.29 is 4.74 Å². The Hall–Kier alpha value is -1.32. The molecule has 1 unspecified atom stereocenters. The van der Waals surface area contributed by atoms with Crippen LogP contribution in [-0.4, -0.2) is 13.7 Å². The minimum atomic E-state index is 0.178. The molecule has 0 amide bonds. The van der Waals surface area contributed by atoms with Crippen molar-refractivity contribution in [1.82, 2.24) is 5.32 Å². The minimum absolute atomic E-state index is 0.178. The smallest absolute Gasteiger partial charge is 0.119 e. The van der Waals surface area contributed by atoms with Crippen molar-refractivity contribution in [3.63, 3.8) is 0 Å². The number of ether oxygens (including phenoxy) is 1. The molecular formula is C18H22BrNO. The Kier molecular flexibility index (Phi) is 5.83. The van der Waals surface area contributed by atoms with E-state index in [9.17, 15) is 0 Å². The standard InChI is InChI=1S/C18H22BrNO/c1-4-11-20-18(14-7-5-8-15(12-14)21-3)16-9-6-10-17(19)13(16)2/h5-10,12,18,20H,4,11H2,1-3H3. The number of rotatable bonds is 6. The third-order valence-electron chi connectivity index (χ3n) is 3.65. The van der Waals surface area contributed by atoms with Gasteiger partial charge in [0.2, 0.25) is 0 Å². The van der Waals surface area contributed by atoms with Crippen molar-refractivity contribution in [1.29, 1.82) is 0 Å². The fourth-order valence-electron chi connectivity index (χ4n) is 2.45. The normalized spacial score (nSPS) is 12.2. The maximum Gasteiger partial charge on any atom is 0.119 e. The Morgan fingerprint density at radius 2 is 1.95 bits per heavy atom. The monoisotopic (exact) mass is 347 g/mol. The van der Waals surface area contributed by atoms with Crippen LogP contribution in [0.5, 0.6) is 5.75 Å². The summed E-state index contributed by atoms with van der Waals surface area (Å²) in [5.74, 6) is 0.892. The summed E-state index contributed by atoms with van der Waals surface area (Å²) < 4.78 is 6.51. The summed E-state index contributed by atoms with van der Waals surface area (Å²) in [4.78, 5) is 0. The molecule has 3 heteroatoms. The zero-order valence-electron chi connectivity index (χ0n) is 12.8. The molecule has 0 saturated heterocycles. The molecule has 2 nitrogen and oxygen atoms in total. The number of halogens is 1. The van der Waals surface area contributed by atoms with E-state index in [1.165, 1.54) is 16.7 Å². The van der Waals surface area contributed by atoms with Crippen molar-refractivity contribution in [2.24, 2.45) is 0 Å². The average Bonchev–Trinajstić information content (AvgIpc) is 2.52. The van der Waals surface area contributed by atoms with Gasteiger partial charge in [-0.15, -0.1) is 0 Å². The van der Waals surface area contributed by atoms with E-state index in [2.05, 4.69) is 65.4 Å². The first-order valence-electron chi connectivity index (χ1n) is 7.29. The highest BCUT2D eigenvalue weighted by Crippen LogP contribution is 2.30. The largest absolute Gasteiger partial charge is 0.497 e. The number of methoxy groups -OCH3 is 1. The predicted molar refractivity (Wildman–Crippen MR) is 92.0 cm³/mol. The second-order valence-corrected chi connectivity index (χ2v) is 5.97. The van der Waals surface area contributed by atoms with Gasteiger partial charge in [-0.05, 0) is 54.8 Å². The summed E-state index contributed by atoms with van der Waals surface area (Å²) in [6, 6.07) is 14.8. The molecule has 0 radical (unpaired) electrons. The van der Waals surface area contributed by atoms with Crippen LogP contribution in [0.15, 0.2) is 46.9 Å². The van der Waals surface area contributed by atoms with Crippen LogP contribution in [0.3, 0.4) is 0 Å². The van der Waals surface area contributed by atoms with Gasteiger partial charge in [-0.3, -0.25) is 0 Å². The summed E-state index contributed by atoms with van der Waals surface area (Å²) in [7, 11) is 1.71. The van der Waals surface area contributed by atoms with E-state index in [0.29, 0.717) is 0 Å². The predicted octanol–water partition coefficient (Wildman–Crippen LogP) is 4.86. The van der Waals surface area contributed by atoms with Crippen LogP contribution in [0.4, 0.5) is 0 Å². The van der Waals surface area contributed by atoms with Crippen molar-refractivity contribution in [2.75, 3.05) is 13.7 Å². The summed E-state index contributed by atoms with van der Waals surface area (Å²) in [6.45, 7) is 5.32. The van der Waals surface area contributed by atoms with Crippen LogP contribution in [0.2, 0.25) is 0 Å². The fraction of sp³-hybridized carbons (Fsp3) is 0.333. The molecule has 0 saturated carbocycles. The maximum absolute atomic E-state index is 5.36. The van der Waals surface area contributed by atoms with Gasteiger partial charge < -0.3 is 10.1 Å². The molecule has 2 aromatic rings. The van der Waals surface area contributed by atoms with E-state index in [4.69, 9.17) is 4.74 Å². The molecule has 0 aliphatic heterocycles. The SMILES string of the molecule is CCCNC(c1cccc(OC)c1)c1cccc(Br)c1C. The second kappa shape index (κ2) is 7.62. The van der Waals surface area contributed by atoms with Gasteiger partial charge in [0.05, 0.1) is 13.2 Å². The molecule has 2 rings (SSSR count). The van der Waals surface area contributed by atoms with Crippen LogP contribution in [-0.2, 0) is 0 Å². The van der Waals surface area contributed by atoms with Gasteiger partial charge in [-0.1, -0.05) is 47.1 Å². The maximum atomic E-state index is 5.36. The summed E-state index contributed by atoms with van der Waals surface area (Å²) >= 11 is 3.63. The Bertz CT molecular complexity index is 598. The highest BCUT2D eigenvalue weighted by atomic mass is 79.9. The van der Waals surface area contributed by atoms with Gasteiger partial charge >= 0.3 is 0 Å². The van der Waals surface area contributed by atoms with E-state index in [1.54, 1.807) is 7.11 Å². The molecule has 0 aromatic heterocycles. The Morgan fingerprint density at radius 1 is 1.19 bits per heavy atom. The summed E-state index contributed by atoms with van der Waals surface area (Å²) in [5, 5.41) is 3.64. The molecule has 0 aliphatic carbocycles. The Labute approximate surface area is 135 Å². The Balaban J connectivity index is 2.44. The van der Waals surface area contributed by atoms with Gasteiger partial charge in [0.15, 0.2) is 0 Å². The highest BCUT2D eigenvalue weighted by Gasteiger charge is 2.17. The number of hydrogen-bond donors (Lipinski definition) is 1. The van der Waals surface area contributed by atoms with Gasteiger partial charge in [-0.2, -0.15) is 0 Å².